The molecule has 0 aromatic rings. The molecule has 1 aliphatic heterocycles. The van der Waals surface area contributed by atoms with Gasteiger partial charge in [0.15, 0.2) is 0 Å². The van der Waals surface area contributed by atoms with E-state index in [-0.39, 0.29) is 0 Å². The Hall–Kier alpha value is -0.190. The van der Waals surface area contributed by atoms with Gasteiger partial charge in [0, 0.05) is 26.1 Å². The molecule has 0 aliphatic carbocycles. The van der Waals surface area contributed by atoms with Crippen LogP contribution in [-0.2, 0) is 4.74 Å². The highest BCUT2D eigenvalue weighted by Crippen LogP contribution is 2.11. The summed E-state index contributed by atoms with van der Waals surface area (Å²) in [5.74, 6) is 0. The molecule has 0 aromatic carbocycles. The molecule has 0 radical (unpaired) electrons. The first-order valence-corrected chi connectivity index (χ1v) is 5.65. The van der Waals surface area contributed by atoms with Crippen molar-refractivity contribution in [3.05, 3.63) is 0 Å². The summed E-state index contributed by atoms with van der Waals surface area (Å²) in [6, 6.07) is 0. The number of hydrogen-bond donors (Lipinski definition) is 1. The first-order valence-electron chi connectivity index (χ1n) is 5.24. The van der Waals surface area contributed by atoms with Crippen LogP contribution in [0.3, 0.4) is 0 Å². The van der Waals surface area contributed by atoms with Gasteiger partial charge in [0.05, 0.1) is 17.2 Å². The summed E-state index contributed by atoms with van der Waals surface area (Å²) in [5, 5.41) is 0. The molecule has 1 heterocycles. The van der Waals surface area contributed by atoms with Crippen LogP contribution in [0.2, 0.25) is 0 Å². The van der Waals surface area contributed by atoms with Crippen molar-refractivity contribution in [3.63, 3.8) is 0 Å². The van der Waals surface area contributed by atoms with Crippen molar-refractivity contribution in [2.45, 2.75) is 38.9 Å². The highest BCUT2D eigenvalue weighted by molar-refractivity contribution is 7.80. The fourth-order valence-electron chi connectivity index (χ4n) is 1.80. The molecule has 4 heteroatoms. The normalized spacial score (nSPS) is 29.9. The second-order valence-corrected chi connectivity index (χ2v) is 4.59. The van der Waals surface area contributed by atoms with Crippen LogP contribution in [0.15, 0.2) is 0 Å². The Morgan fingerprint density at radius 3 is 2.86 bits per heavy atom. The van der Waals surface area contributed by atoms with Gasteiger partial charge in [-0.3, -0.25) is 0 Å². The van der Waals surface area contributed by atoms with Crippen LogP contribution in [0, 0.1) is 0 Å². The summed E-state index contributed by atoms with van der Waals surface area (Å²) in [6.07, 6.45) is 2.61. The minimum Gasteiger partial charge on any atom is -0.393 e. The minimum atomic E-state index is 0.318. The molecule has 14 heavy (non-hydrogen) atoms. The zero-order chi connectivity index (χ0) is 10.6. The van der Waals surface area contributed by atoms with E-state index in [9.17, 15) is 0 Å². The third-order valence-corrected chi connectivity index (χ3v) is 2.71. The van der Waals surface area contributed by atoms with Crippen molar-refractivity contribution in [1.29, 1.82) is 0 Å². The highest BCUT2D eigenvalue weighted by atomic mass is 32.1. The van der Waals surface area contributed by atoms with E-state index in [1.807, 2.05) is 0 Å². The van der Waals surface area contributed by atoms with Crippen LogP contribution in [0.4, 0.5) is 0 Å². The molecule has 1 saturated heterocycles. The van der Waals surface area contributed by atoms with E-state index in [1.165, 1.54) is 0 Å². The van der Waals surface area contributed by atoms with Crippen LogP contribution < -0.4 is 5.73 Å². The fraction of sp³-hybridized carbons (Fsp3) is 0.900. The van der Waals surface area contributed by atoms with Gasteiger partial charge in [-0.05, 0) is 20.3 Å². The summed E-state index contributed by atoms with van der Waals surface area (Å²) >= 11 is 4.87. The molecular weight excluding hydrogens is 196 g/mol. The van der Waals surface area contributed by atoms with Gasteiger partial charge in [0.2, 0.25) is 0 Å². The molecular formula is C10H20N2OS. The summed E-state index contributed by atoms with van der Waals surface area (Å²) < 4.78 is 5.74. The van der Waals surface area contributed by atoms with E-state index < -0.39 is 0 Å². The van der Waals surface area contributed by atoms with Gasteiger partial charge in [-0.15, -0.1) is 0 Å². The first kappa shape index (κ1) is 11.9. The number of nitrogens with two attached hydrogens (primary N) is 1. The molecule has 82 valence electrons. The molecule has 0 aromatic heterocycles. The van der Waals surface area contributed by atoms with E-state index in [1.54, 1.807) is 0 Å². The maximum atomic E-state index is 5.74. The maximum Gasteiger partial charge on any atom is 0.0740 e. The predicted molar refractivity (Wildman–Crippen MR) is 62.5 cm³/mol. The molecule has 1 rings (SSSR count). The van der Waals surface area contributed by atoms with Crippen molar-refractivity contribution in [2.24, 2.45) is 5.73 Å². The lowest BCUT2D eigenvalue weighted by molar-refractivity contribution is 0.0144. The molecule has 2 atom stereocenters. The van der Waals surface area contributed by atoms with E-state index in [0.717, 1.165) is 32.5 Å². The Kier molecular flexibility index (Phi) is 4.78. The summed E-state index contributed by atoms with van der Waals surface area (Å²) in [4.78, 5) is 2.99. The van der Waals surface area contributed by atoms with Crippen molar-refractivity contribution in [1.82, 2.24) is 4.90 Å². The van der Waals surface area contributed by atoms with Crippen LogP contribution in [0.1, 0.15) is 26.7 Å². The topological polar surface area (TPSA) is 38.5 Å². The number of ether oxygens (including phenoxy) is 1. The smallest absolute Gasteiger partial charge is 0.0740 e. The lowest BCUT2D eigenvalue weighted by Gasteiger charge is -2.21. The lowest BCUT2D eigenvalue weighted by Crippen LogP contribution is -2.32. The predicted octanol–water partition coefficient (Wildman–Crippen LogP) is 1.16. The zero-order valence-corrected chi connectivity index (χ0v) is 9.85. The molecule has 2 unspecified atom stereocenters. The molecule has 0 amide bonds. The summed E-state index contributed by atoms with van der Waals surface area (Å²) in [5.41, 5.74) is 5.48. The van der Waals surface area contributed by atoms with E-state index >= 15 is 0 Å². The van der Waals surface area contributed by atoms with Crippen molar-refractivity contribution in [3.8, 4) is 0 Å². The van der Waals surface area contributed by atoms with Crippen LogP contribution in [0.25, 0.3) is 0 Å². The summed E-state index contributed by atoms with van der Waals surface area (Å²) in [6.45, 7) is 7.31. The van der Waals surface area contributed by atoms with Crippen molar-refractivity contribution in [2.75, 3.05) is 19.6 Å². The molecule has 1 aliphatic rings. The largest absolute Gasteiger partial charge is 0.393 e. The molecule has 0 saturated carbocycles. The quantitative estimate of drug-likeness (QED) is 0.719. The van der Waals surface area contributed by atoms with E-state index in [0.29, 0.717) is 17.2 Å². The second-order valence-electron chi connectivity index (χ2n) is 4.06. The summed E-state index contributed by atoms with van der Waals surface area (Å²) in [7, 11) is 0. The SMILES string of the molecule is CC1CCN(CCC(N)=S)CC(C)O1. The Balaban J connectivity index is 2.34. The fourth-order valence-corrected chi connectivity index (χ4v) is 1.89. The Morgan fingerprint density at radius 1 is 1.50 bits per heavy atom. The van der Waals surface area contributed by atoms with Crippen molar-refractivity contribution >= 4 is 17.2 Å². The lowest BCUT2D eigenvalue weighted by atomic mass is 10.2. The van der Waals surface area contributed by atoms with E-state index in [2.05, 4.69) is 18.7 Å². The minimum absolute atomic E-state index is 0.318. The van der Waals surface area contributed by atoms with Gasteiger partial charge in [0.25, 0.3) is 0 Å². The molecule has 1 fully saturated rings. The third kappa shape index (κ3) is 4.35. The first-order chi connectivity index (χ1) is 6.58. The molecule has 0 bridgehead atoms. The number of hydrogen-bond acceptors (Lipinski definition) is 3. The van der Waals surface area contributed by atoms with Gasteiger partial charge in [-0.1, -0.05) is 12.2 Å². The molecule has 0 spiro atoms. The Bertz CT molecular complexity index is 199. The van der Waals surface area contributed by atoms with Gasteiger partial charge in [-0.2, -0.15) is 0 Å². The monoisotopic (exact) mass is 216 g/mol. The van der Waals surface area contributed by atoms with Gasteiger partial charge < -0.3 is 15.4 Å². The number of thiocarbonyl (C=S) groups is 1. The van der Waals surface area contributed by atoms with Crippen LogP contribution >= 0.6 is 12.2 Å². The standard InChI is InChI=1S/C10H20N2OS/c1-8-3-5-12(6-4-10(11)14)7-9(2)13-8/h8-9H,3-7H2,1-2H3,(H2,11,14). The molecule has 3 nitrogen and oxygen atoms in total. The second kappa shape index (κ2) is 5.63. The maximum absolute atomic E-state index is 5.74. The number of nitrogens with zero attached hydrogens (tertiary/aromatic N) is 1. The Morgan fingerprint density at radius 2 is 2.21 bits per heavy atom. The number of rotatable bonds is 3. The molecule has 2 N–H and O–H groups in total. The Labute approximate surface area is 91.6 Å². The van der Waals surface area contributed by atoms with Gasteiger partial charge in [0.1, 0.15) is 0 Å². The zero-order valence-electron chi connectivity index (χ0n) is 9.03. The average Bonchev–Trinajstić information content (AvgIpc) is 2.23. The van der Waals surface area contributed by atoms with E-state index in [4.69, 9.17) is 22.7 Å². The average molecular weight is 216 g/mol. The highest BCUT2D eigenvalue weighted by Gasteiger charge is 2.18. The van der Waals surface area contributed by atoms with Gasteiger partial charge >= 0.3 is 0 Å². The third-order valence-electron chi connectivity index (χ3n) is 2.51. The van der Waals surface area contributed by atoms with Gasteiger partial charge in [-0.25, -0.2) is 0 Å². The van der Waals surface area contributed by atoms with Crippen LogP contribution in [0.5, 0.6) is 0 Å². The van der Waals surface area contributed by atoms with Crippen LogP contribution in [-0.4, -0.2) is 41.7 Å². The van der Waals surface area contributed by atoms with Crippen molar-refractivity contribution < 1.29 is 4.74 Å².